The van der Waals surface area contributed by atoms with E-state index in [1.54, 1.807) is 17.6 Å². The Morgan fingerprint density at radius 3 is 2.78 bits per heavy atom. The molecule has 3 heterocycles. The smallest absolute Gasteiger partial charge is 0.293 e. The zero-order valence-corrected chi connectivity index (χ0v) is 21.4. The van der Waals surface area contributed by atoms with Crippen molar-refractivity contribution in [3.8, 4) is 11.4 Å². The van der Waals surface area contributed by atoms with Crippen molar-refractivity contribution < 1.29 is 19.0 Å². The van der Waals surface area contributed by atoms with Crippen molar-refractivity contribution in [2.24, 2.45) is 0 Å². The van der Waals surface area contributed by atoms with E-state index in [2.05, 4.69) is 19.2 Å². The zero-order chi connectivity index (χ0) is 25.9. The Labute approximate surface area is 209 Å². The predicted molar refractivity (Wildman–Crippen MR) is 135 cm³/mol. The molecule has 2 N–H and O–H groups in total. The number of fused-ring (bicyclic) bond motifs is 4. The zero-order valence-electron chi connectivity index (χ0n) is 21.4. The molecule has 0 bridgehead atoms. The lowest BCUT2D eigenvalue weighted by atomic mass is 9.81. The monoisotopic (exact) mass is 493 g/mol. The average molecular weight is 494 g/mol. The van der Waals surface area contributed by atoms with Gasteiger partial charge in [-0.2, -0.15) is 0 Å². The Kier molecular flexibility index (Phi) is 6.00. The van der Waals surface area contributed by atoms with Crippen molar-refractivity contribution in [1.82, 2.24) is 14.9 Å². The summed E-state index contributed by atoms with van der Waals surface area (Å²) in [5.74, 6) is -0.280. The number of halogens is 1. The topological polar surface area (TPSA) is 93.5 Å². The van der Waals surface area contributed by atoms with Gasteiger partial charge in [0.25, 0.3) is 12.0 Å². The minimum absolute atomic E-state index is 0.0442. The third-order valence-corrected chi connectivity index (χ3v) is 7.83. The third kappa shape index (κ3) is 3.66. The van der Waals surface area contributed by atoms with Crippen LogP contribution in [0.3, 0.4) is 0 Å². The molecule has 0 radical (unpaired) electrons. The molecular formula is C28H32FN3O4. The van der Waals surface area contributed by atoms with Crippen molar-refractivity contribution in [1.29, 1.82) is 0 Å². The Balaban J connectivity index is 1.83. The van der Waals surface area contributed by atoms with Gasteiger partial charge in [0.05, 0.1) is 34.6 Å². The molecule has 5 rings (SSSR count). The maximum atomic E-state index is 14.9. The van der Waals surface area contributed by atoms with Gasteiger partial charge in [-0.05, 0) is 61.4 Å². The van der Waals surface area contributed by atoms with Gasteiger partial charge in [-0.1, -0.05) is 20.8 Å². The maximum Gasteiger partial charge on any atom is 0.293 e. The van der Waals surface area contributed by atoms with Crippen LogP contribution in [0.25, 0.3) is 22.3 Å². The van der Waals surface area contributed by atoms with E-state index in [-0.39, 0.29) is 35.6 Å². The second-order valence-electron chi connectivity index (χ2n) is 10.5. The number of nitrogens with one attached hydrogen (secondary N) is 1. The maximum absolute atomic E-state index is 14.9. The Hall–Kier alpha value is -3.10. The van der Waals surface area contributed by atoms with Crippen LogP contribution in [-0.2, 0) is 34.7 Å². The summed E-state index contributed by atoms with van der Waals surface area (Å²) in [6, 6.07) is 3.56. The first-order chi connectivity index (χ1) is 17.1. The van der Waals surface area contributed by atoms with E-state index < -0.39 is 5.60 Å². The fraction of sp³-hybridized carbons (Fsp3) is 0.464. The van der Waals surface area contributed by atoms with E-state index >= 15 is 0 Å². The fourth-order valence-corrected chi connectivity index (χ4v) is 5.84. The van der Waals surface area contributed by atoms with E-state index in [1.165, 1.54) is 6.07 Å². The van der Waals surface area contributed by atoms with E-state index in [0.29, 0.717) is 47.5 Å². The number of carbonyl (C=O) groups is 1. The fourth-order valence-electron chi connectivity index (χ4n) is 5.84. The molecule has 0 saturated heterocycles. The van der Waals surface area contributed by atoms with Crippen LogP contribution >= 0.6 is 0 Å². The van der Waals surface area contributed by atoms with Gasteiger partial charge in [-0.25, -0.2) is 9.37 Å². The molecule has 1 aromatic carbocycles. The minimum Gasteiger partial charge on any atom is -0.463 e. The first kappa shape index (κ1) is 24.6. The molecule has 1 aliphatic heterocycles. The summed E-state index contributed by atoms with van der Waals surface area (Å²) < 4.78 is 21.5. The van der Waals surface area contributed by atoms with Crippen molar-refractivity contribution in [2.45, 2.75) is 84.7 Å². The van der Waals surface area contributed by atoms with Gasteiger partial charge in [0, 0.05) is 29.1 Å². The van der Waals surface area contributed by atoms with Gasteiger partial charge in [0.1, 0.15) is 12.4 Å². The molecular weight excluding hydrogens is 461 g/mol. The summed E-state index contributed by atoms with van der Waals surface area (Å²) >= 11 is 0. The molecule has 0 fully saturated rings. The molecule has 0 saturated carbocycles. The van der Waals surface area contributed by atoms with E-state index in [4.69, 9.17) is 9.72 Å². The van der Waals surface area contributed by atoms with E-state index in [9.17, 15) is 19.1 Å². The molecule has 7 nitrogen and oxygen atoms in total. The molecule has 8 heteroatoms. The summed E-state index contributed by atoms with van der Waals surface area (Å²) in [6.45, 7) is 9.88. The van der Waals surface area contributed by atoms with Gasteiger partial charge >= 0.3 is 0 Å². The van der Waals surface area contributed by atoms with Crippen molar-refractivity contribution >= 4 is 17.4 Å². The number of aryl methyl sites for hydroxylation is 1. The second-order valence-corrected chi connectivity index (χ2v) is 10.5. The summed E-state index contributed by atoms with van der Waals surface area (Å²) in [5.41, 5.74) is 4.50. The molecule has 3 aromatic rings. The number of carbonyl (C=O) groups excluding carboxylic acids is 1. The van der Waals surface area contributed by atoms with Gasteiger partial charge in [-0.15, -0.1) is 0 Å². The van der Waals surface area contributed by atoms with Gasteiger partial charge in [-0.3, -0.25) is 9.59 Å². The van der Waals surface area contributed by atoms with E-state index in [0.717, 1.165) is 34.9 Å². The highest BCUT2D eigenvalue weighted by atomic mass is 19.1. The number of hydrogen-bond acceptors (Lipinski definition) is 6. The number of ether oxygens (including phenoxy) is 1. The SMILES string of the molecule is CCC(C)(O)c1cc2n(c(=O)c1COC=O)Cc1c-2nc2cc(F)c(C)c3c2c1C(NC(C)C)CC3. The van der Waals surface area contributed by atoms with Crippen molar-refractivity contribution in [2.75, 3.05) is 0 Å². The van der Waals surface area contributed by atoms with Crippen LogP contribution in [-0.4, -0.2) is 27.2 Å². The Bertz CT molecular complexity index is 1460. The number of hydrogen-bond donors (Lipinski definition) is 2. The number of nitrogens with zero attached hydrogens (tertiary/aromatic N) is 2. The third-order valence-electron chi connectivity index (χ3n) is 7.83. The number of aromatic nitrogens is 2. The molecule has 0 amide bonds. The van der Waals surface area contributed by atoms with Gasteiger partial charge in [0.2, 0.25) is 0 Å². The Morgan fingerprint density at radius 1 is 1.36 bits per heavy atom. The van der Waals surface area contributed by atoms with Crippen LogP contribution in [0.4, 0.5) is 4.39 Å². The minimum atomic E-state index is -1.30. The van der Waals surface area contributed by atoms with Crippen LogP contribution in [0.15, 0.2) is 16.9 Å². The number of pyridine rings is 2. The summed E-state index contributed by atoms with van der Waals surface area (Å²) in [6.07, 6.45) is 1.93. The molecule has 2 aromatic heterocycles. The first-order valence-corrected chi connectivity index (χ1v) is 12.5. The normalized spacial score (nSPS) is 17.7. The number of benzene rings is 1. The molecule has 1 aliphatic carbocycles. The molecule has 36 heavy (non-hydrogen) atoms. The Morgan fingerprint density at radius 2 is 2.11 bits per heavy atom. The van der Waals surface area contributed by atoms with Crippen LogP contribution < -0.4 is 10.9 Å². The van der Waals surface area contributed by atoms with E-state index in [1.807, 2.05) is 13.8 Å². The number of rotatable bonds is 7. The standard InChI is InChI=1S/C28H32FN3O4/c1-6-28(5,35)19-9-23-26-17(11-32(23)27(34)18(19)12-36-13-33)25-21(30-14(2)3)8-7-16-15(4)20(29)10-22(31-26)24(16)25/h9-10,13-14,21,30,35H,6-8,11-12H2,1-5H3. The quantitative estimate of drug-likeness (QED) is 0.376. The lowest BCUT2D eigenvalue weighted by molar-refractivity contribution is -0.129. The lowest BCUT2D eigenvalue weighted by Crippen LogP contribution is -2.32. The van der Waals surface area contributed by atoms with Crippen LogP contribution in [0.1, 0.15) is 80.0 Å². The second kappa shape index (κ2) is 8.78. The van der Waals surface area contributed by atoms with Crippen molar-refractivity contribution in [3.63, 3.8) is 0 Å². The predicted octanol–water partition coefficient (Wildman–Crippen LogP) is 4.15. The first-order valence-electron chi connectivity index (χ1n) is 12.5. The van der Waals surface area contributed by atoms with Crippen LogP contribution in [0, 0.1) is 12.7 Å². The van der Waals surface area contributed by atoms with Crippen LogP contribution in [0.5, 0.6) is 0 Å². The molecule has 0 spiro atoms. The number of aliphatic hydroxyl groups is 1. The van der Waals surface area contributed by atoms with Crippen LogP contribution in [0.2, 0.25) is 0 Å². The molecule has 2 unspecified atom stereocenters. The van der Waals surface area contributed by atoms with Gasteiger partial charge in [0.15, 0.2) is 0 Å². The lowest BCUT2D eigenvalue weighted by Gasteiger charge is -2.31. The molecule has 190 valence electrons. The van der Waals surface area contributed by atoms with Crippen molar-refractivity contribution in [3.05, 3.63) is 61.7 Å². The summed E-state index contributed by atoms with van der Waals surface area (Å²) in [5, 5.41) is 15.8. The largest absolute Gasteiger partial charge is 0.463 e. The average Bonchev–Trinajstić information content (AvgIpc) is 3.20. The summed E-state index contributed by atoms with van der Waals surface area (Å²) in [4.78, 5) is 29.5. The van der Waals surface area contributed by atoms with Gasteiger partial charge < -0.3 is 19.7 Å². The highest BCUT2D eigenvalue weighted by Gasteiger charge is 2.36. The molecule has 2 aliphatic rings. The highest BCUT2D eigenvalue weighted by molar-refractivity contribution is 5.92. The summed E-state index contributed by atoms with van der Waals surface area (Å²) in [7, 11) is 0. The molecule has 2 atom stereocenters. The highest BCUT2D eigenvalue weighted by Crippen LogP contribution is 2.45.